The number of aromatic nitrogens is 3. The molecule has 1 aliphatic heterocycles. The third-order valence-electron chi connectivity index (χ3n) is 3.98. The molecule has 3 aromatic rings. The van der Waals surface area contributed by atoms with Gasteiger partial charge >= 0.3 is 0 Å². The first kappa shape index (κ1) is 15.9. The predicted molar refractivity (Wildman–Crippen MR) is 94.8 cm³/mol. The first-order valence-electron chi connectivity index (χ1n) is 7.86. The van der Waals surface area contributed by atoms with Crippen molar-refractivity contribution in [3.05, 3.63) is 77.1 Å². The second-order valence-corrected chi connectivity index (χ2v) is 6.05. The third kappa shape index (κ3) is 2.73. The molecule has 1 N–H and O–H groups in total. The molecule has 25 heavy (non-hydrogen) atoms. The van der Waals surface area contributed by atoms with Crippen molar-refractivity contribution in [2.45, 2.75) is 12.0 Å². The largest absolute Gasteiger partial charge is 0.313 e. The third-order valence-corrected chi connectivity index (χ3v) is 4.28. The highest BCUT2D eigenvalue weighted by Crippen LogP contribution is 2.32. The van der Waals surface area contributed by atoms with E-state index in [1.807, 2.05) is 31.3 Å². The van der Waals surface area contributed by atoms with E-state index in [-0.39, 0.29) is 5.82 Å². The zero-order valence-corrected chi connectivity index (χ0v) is 14.2. The Balaban J connectivity index is 1.96. The van der Waals surface area contributed by atoms with Crippen LogP contribution in [0.5, 0.6) is 0 Å². The van der Waals surface area contributed by atoms with Crippen molar-refractivity contribution in [3.63, 3.8) is 0 Å². The fraction of sp³-hybridized carbons (Fsp3) is 0.167. The van der Waals surface area contributed by atoms with Gasteiger partial charge in [-0.15, -0.1) is 5.10 Å². The van der Waals surface area contributed by atoms with Crippen molar-refractivity contribution < 1.29 is 4.39 Å². The SMILES string of the molecule is CNCc1nc2n(n1)-c1ccccc1C(c1ccccc1F)=N[C@H]2Cl. The van der Waals surface area contributed by atoms with Gasteiger partial charge in [-0.1, -0.05) is 41.9 Å². The van der Waals surface area contributed by atoms with Gasteiger partial charge in [0.15, 0.2) is 17.1 Å². The maximum Gasteiger partial charge on any atom is 0.183 e. The summed E-state index contributed by atoms with van der Waals surface area (Å²) in [6.45, 7) is 0.523. The van der Waals surface area contributed by atoms with Crippen LogP contribution in [-0.2, 0) is 6.54 Å². The summed E-state index contributed by atoms with van der Waals surface area (Å²) in [5, 5.41) is 7.56. The second kappa shape index (κ2) is 6.38. The molecule has 126 valence electrons. The zero-order chi connectivity index (χ0) is 17.4. The molecule has 0 fully saturated rings. The molecule has 0 saturated carbocycles. The van der Waals surface area contributed by atoms with Crippen molar-refractivity contribution in [1.29, 1.82) is 0 Å². The van der Waals surface area contributed by atoms with Gasteiger partial charge in [-0.2, -0.15) is 0 Å². The number of hydrogen-bond donors (Lipinski definition) is 1. The second-order valence-electron chi connectivity index (χ2n) is 5.64. The Morgan fingerprint density at radius 1 is 1.12 bits per heavy atom. The fourth-order valence-electron chi connectivity index (χ4n) is 2.90. The molecule has 0 amide bonds. The van der Waals surface area contributed by atoms with Gasteiger partial charge < -0.3 is 5.32 Å². The lowest BCUT2D eigenvalue weighted by Gasteiger charge is -2.11. The lowest BCUT2D eigenvalue weighted by molar-refractivity contribution is 0.625. The normalized spacial score (nSPS) is 16.0. The van der Waals surface area contributed by atoms with Gasteiger partial charge in [-0.25, -0.2) is 14.1 Å². The average molecular weight is 356 g/mol. The Morgan fingerprint density at radius 3 is 2.60 bits per heavy atom. The van der Waals surface area contributed by atoms with Crippen molar-refractivity contribution in [2.24, 2.45) is 4.99 Å². The van der Waals surface area contributed by atoms with Crippen molar-refractivity contribution in [2.75, 3.05) is 7.05 Å². The average Bonchev–Trinajstić information content (AvgIpc) is 3.00. The van der Waals surface area contributed by atoms with Crippen LogP contribution in [0.15, 0.2) is 53.5 Å². The summed E-state index contributed by atoms with van der Waals surface area (Å²) in [5.74, 6) is 0.802. The van der Waals surface area contributed by atoms with E-state index in [9.17, 15) is 4.39 Å². The van der Waals surface area contributed by atoms with Crippen LogP contribution in [-0.4, -0.2) is 27.5 Å². The highest BCUT2D eigenvalue weighted by molar-refractivity contribution is 6.23. The molecular formula is C18H15ClFN5. The Morgan fingerprint density at radius 2 is 1.84 bits per heavy atom. The molecule has 1 atom stereocenters. The molecule has 1 aromatic heterocycles. The van der Waals surface area contributed by atoms with Crippen molar-refractivity contribution >= 4 is 17.3 Å². The van der Waals surface area contributed by atoms with Crippen LogP contribution in [0.4, 0.5) is 4.39 Å². The number of para-hydroxylation sites is 1. The standard InChI is InChI=1S/C18H15ClFN5/c1-21-10-15-22-18-17(19)23-16(11-6-2-4-8-13(11)20)12-7-3-5-9-14(12)25(18)24-15/h2-9,17,21H,10H2,1H3/t17-/m1/s1. The lowest BCUT2D eigenvalue weighted by Crippen LogP contribution is -2.10. The minimum atomic E-state index is -0.764. The molecule has 2 heterocycles. The maximum absolute atomic E-state index is 14.4. The molecule has 0 bridgehead atoms. The summed E-state index contributed by atoms with van der Waals surface area (Å²) in [6.07, 6.45) is 0. The molecule has 5 nitrogen and oxygen atoms in total. The van der Waals surface area contributed by atoms with Gasteiger partial charge in [0.1, 0.15) is 5.82 Å². The van der Waals surface area contributed by atoms with Crippen LogP contribution in [0, 0.1) is 5.82 Å². The minimum absolute atomic E-state index is 0.344. The zero-order valence-electron chi connectivity index (χ0n) is 13.4. The van der Waals surface area contributed by atoms with Crippen LogP contribution in [0.3, 0.4) is 0 Å². The summed E-state index contributed by atoms with van der Waals surface area (Å²) in [5.41, 5.74) is 1.67. The molecule has 0 aliphatic carbocycles. The summed E-state index contributed by atoms with van der Waals surface area (Å²) < 4.78 is 16.1. The van der Waals surface area contributed by atoms with Gasteiger partial charge in [0, 0.05) is 11.1 Å². The van der Waals surface area contributed by atoms with Crippen LogP contribution in [0.25, 0.3) is 5.69 Å². The Hall–Kier alpha value is -2.57. The van der Waals surface area contributed by atoms with E-state index < -0.39 is 5.50 Å². The number of nitrogens with one attached hydrogen (secondary N) is 1. The summed E-state index contributed by atoms with van der Waals surface area (Å²) in [7, 11) is 1.83. The summed E-state index contributed by atoms with van der Waals surface area (Å²) in [4.78, 5) is 9.05. The van der Waals surface area contributed by atoms with E-state index in [0.717, 1.165) is 11.3 Å². The van der Waals surface area contributed by atoms with Gasteiger partial charge in [-0.05, 0) is 25.2 Å². The monoisotopic (exact) mass is 355 g/mol. The molecule has 0 spiro atoms. The Labute approximate surface area is 149 Å². The van der Waals surface area contributed by atoms with Crippen LogP contribution in [0.2, 0.25) is 0 Å². The van der Waals surface area contributed by atoms with Gasteiger partial charge in [0.05, 0.1) is 17.9 Å². The quantitative estimate of drug-likeness (QED) is 0.579. The molecule has 1 aliphatic rings. The van der Waals surface area contributed by atoms with E-state index in [0.29, 0.717) is 29.5 Å². The topological polar surface area (TPSA) is 55.1 Å². The highest BCUT2D eigenvalue weighted by Gasteiger charge is 2.27. The number of aliphatic imine (C=N–C) groups is 1. The van der Waals surface area contributed by atoms with E-state index in [1.165, 1.54) is 6.07 Å². The summed E-state index contributed by atoms with van der Waals surface area (Å²) >= 11 is 6.50. The van der Waals surface area contributed by atoms with E-state index >= 15 is 0 Å². The van der Waals surface area contributed by atoms with E-state index in [4.69, 9.17) is 11.6 Å². The Bertz CT molecular complexity index is 966. The molecule has 4 rings (SSSR count). The predicted octanol–water partition coefficient (Wildman–Crippen LogP) is 3.21. The number of fused-ring (bicyclic) bond motifs is 3. The maximum atomic E-state index is 14.4. The molecule has 2 aromatic carbocycles. The van der Waals surface area contributed by atoms with Crippen LogP contribution in [0.1, 0.15) is 28.3 Å². The highest BCUT2D eigenvalue weighted by atomic mass is 35.5. The number of benzene rings is 2. The van der Waals surface area contributed by atoms with Gasteiger partial charge in [0.2, 0.25) is 0 Å². The fourth-order valence-corrected chi connectivity index (χ4v) is 3.14. The van der Waals surface area contributed by atoms with Crippen molar-refractivity contribution in [1.82, 2.24) is 20.1 Å². The number of nitrogens with zero attached hydrogens (tertiary/aromatic N) is 4. The Kier molecular flexibility index (Phi) is 4.07. The number of hydrogen-bond acceptors (Lipinski definition) is 4. The number of alkyl halides is 1. The molecule has 0 saturated heterocycles. The molecule has 0 radical (unpaired) electrons. The summed E-state index contributed by atoms with van der Waals surface area (Å²) in [6, 6.07) is 14.1. The first-order valence-corrected chi connectivity index (χ1v) is 8.29. The van der Waals surface area contributed by atoms with Gasteiger partial charge in [-0.3, -0.25) is 4.99 Å². The van der Waals surface area contributed by atoms with Gasteiger partial charge in [0.25, 0.3) is 0 Å². The van der Waals surface area contributed by atoms with E-state index in [2.05, 4.69) is 20.4 Å². The number of halogens is 2. The molecule has 0 unspecified atom stereocenters. The molecule has 7 heteroatoms. The molecular weight excluding hydrogens is 341 g/mol. The smallest absolute Gasteiger partial charge is 0.183 e. The van der Waals surface area contributed by atoms with Crippen molar-refractivity contribution in [3.8, 4) is 5.69 Å². The van der Waals surface area contributed by atoms with E-state index in [1.54, 1.807) is 22.9 Å². The minimum Gasteiger partial charge on any atom is -0.313 e. The lowest BCUT2D eigenvalue weighted by atomic mass is 10.0. The first-order chi connectivity index (χ1) is 12.2. The van der Waals surface area contributed by atoms with Crippen LogP contribution < -0.4 is 5.32 Å². The van der Waals surface area contributed by atoms with Crippen LogP contribution >= 0.6 is 11.6 Å². The number of rotatable bonds is 3.